The van der Waals surface area contributed by atoms with Crippen molar-refractivity contribution >= 4 is 35.8 Å². The second-order valence-electron chi connectivity index (χ2n) is 9.81. The molecule has 3 amide bonds. The third-order valence-corrected chi connectivity index (χ3v) is 6.86. The number of rotatable bonds is 7. The van der Waals surface area contributed by atoms with Crippen molar-refractivity contribution in [2.24, 2.45) is 0 Å². The van der Waals surface area contributed by atoms with E-state index in [1.807, 2.05) is 5.32 Å². The molecule has 0 bridgehead atoms. The summed E-state index contributed by atoms with van der Waals surface area (Å²) in [5, 5.41) is 5.16. The number of carbonyl (C=O) groups is 3. The molecule has 1 aromatic carbocycles. The fourth-order valence-corrected chi connectivity index (χ4v) is 4.93. The van der Waals surface area contributed by atoms with E-state index < -0.39 is 53.1 Å². The van der Waals surface area contributed by atoms with Crippen molar-refractivity contribution in [3.8, 4) is 5.75 Å². The molecule has 2 aliphatic heterocycles. The van der Waals surface area contributed by atoms with Crippen LogP contribution in [0.1, 0.15) is 55.5 Å². The fourth-order valence-electron chi connectivity index (χ4n) is 4.93. The predicted octanol–water partition coefficient (Wildman–Crippen LogP) is 3.37. The number of fused-ring (bicyclic) bond motifs is 1. The van der Waals surface area contributed by atoms with Gasteiger partial charge in [-0.05, 0) is 45.4 Å². The van der Waals surface area contributed by atoms with E-state index >= 15 is 0 Å². The summed E-state index contributed by atoms with van der Waals surface area (Å²) in [5.74, 6) is -3.14. The number of amides is 3. The maximum atomic E-state index is 14.2. The third kappa shape index (κ3) is 5.83. The highest BCUT2D eigenvalue weighted by Gasteiger charge is 2.58. The molecule has 2 fully saturated rings. The van der Waals surface area contributed by atoms with Crippen molar-refractivity contribution in [2.45, 2.75) is 69.8 Å². The molecule has 0 aromatic heterocycles. The number of alkyl halides is 5. The lowest BCUT2D eigenvalue weighted by Crippen LogP contribution is -2.52. The Morgan fingerprint density at radius 2 is 1.95 bits per heavy atom. The average Bonchev–Trinajstić information content (AvgIpc) is 3.60. The molecule has 1 atom stereocenters. The number of nitrogens with zero attached hydrogens (tertiary/aromatic N) is 2. The van der Waals surface area contributed by atoms with Crippen LogP contribution in [0.5, 0.6) is 5.75 Å². The van der Waals surface area contributed by atoms with Crippen molar-refractivity contribution < 1.29 is 41.1 Å². The van der Waals surface area contributed by atoms with Crippen LogP contribution in [-0.2, 0) is 15.8 Å². The largest absolute Gasteiger partial charge is 0.475 e. The van der Waals surface area contributed by atoms with Crippen LogP contribution in [0.25, 0.3) is 0 Å². The van der Waals surface area contributed by atoms with Gasteiger partial charge in [0.2, 0.25) is 0 Å². The van der Waals surface area contributed by atoms with Gasteiger partial charge in [0.15, 0.2) is 5.60 Å². The van der Waals surface area contributed by atoms with Crippen molar-refractivity contribution in [2.75, 3.05) is 31.1 Å². The Hall–Kier alpha value is -2.67. The van der Waals surface area contributed by atoms with Crippen molar-refractivity contribution in [3.63, 3.8) is 0 Å². The minimum atomic E-state index is -4.88. The smallest absolute Gasteiger partial charge is 0.417 e. The molecule has 38 heavy (non-hydrogen) atoms. The van der Waals surface area contributed by atoms with E-state index in [4.69, 9.17) is 4.74 Å². The topological polar surface area (TPSA) is 91.0 Å². The van der Waals surface area contributed by atoms with Gasteiger partial charge in [0.1, 0.15) is 5.75 Å². The Labute approximate surface area is 222 Å². The molecule has 0 radical (unpaired) electrons. The van der Waals surface area contributed by atoms with E-state index in [0.717, 1.165) is 30.0 Å². The minimum absolute atomic E-state index is 0. The molecular formula is C24H30ClF5N4O4. The number of halogens is 6. The summed E-state index contributed by atoms with van der Waals surface area (Å²) in [7, 11) is 0. The maximum Gasteiger partial charge on any atom is 0.417 e. The van der Waals surface area contributed by atoms with Crippen LogP contribution < -0.4 is 20.3 Å². The van der Waals surface area contributed by atoms with E-state index in [1.165, 1.54) is 4.90 Å². The van der Waals surface area contributed by atoms with Crippen LogP contribution in [0.15, 0.2) is 12.1 Å². The number of anilines is 1. The molecule has 2 heterocycles. The van der Waals surface area contributed by atoms with Gasteiger partial charge in [0.25, 0.3) is 17.7 Å². The van der Waals surface area contributed by atoms with E-state index in [0.29, 0.717) is 13.0 Å². The van der Waals surface area contributed by atoms with Crippen LogP contribution in [0.3, 0.4) is 0 Å². The van der Waals surface area contributed by atoms with Gasteiger partial charge in [0, 0.05) is 44.6 Å². The molecule has 2 N–H and O–H groups in total. The molecular weight excluding hydrogens is 539 g/mol. The highest BCUT2D eigenvalue weighted by molar-refractivity contribution is 6.06. The summed E-state index contributed by atoms with van der Waals surface area (Å²) in [6, 6.07) is 1.01. The van der Waals surface area contributed by atoms with E-state index in [1.54, 1.807) is 13.8 Å². The molecule has 3 aliphatic rings. The van der Waals surface area contributed by atoms with Gasteiger partial charge >= 0.3 is 12.6 Å². The quantitative estimate of drug-likeness (QED) is 0.492. The predicted molar refractivity (Wildman–Crippen MR) is 130 cm³/mol. The SMILES string of the molecule is CC(C)N(C(=O)c1cc2c(cc1C(F)(F)F)OC1(CC1)C(=O)N2CCNC(=O)C(F)F)[C@@H]1CCCNC1.Cl. The lowest BCUT2D eigenvalue weighted by molar-refractivity contribution is -0.138. The van der Waals surface area contributed by atoms with Gasteiger partial charge < -0.3 is 25.2 Å². The van der Waals surface area contributed by atoms with Gasteiger partial charge in [-0.2, -0.15) is 22.0 Å². The average molecular weight is 569 g/mol. The molecule has 212 valence electrons. The number of hydrogen-bond acceptors (Lipinski definition) is 5. The minimum Gasteiger partial charge on any atom is -0.475 e. The molecule has 1 saturated carbocycles. The van der Waals surface area contributed by atoms with Gasteiger partial charge in [-0.25, -0.2) is 0 Å². The summed E-state index contributed by atoms with van der Waals surface area (Å²) in [5.41, 5.74) is -3.21. The third-order valence-electron chi connectivity index (χ3n) is 6.86. The lowest BCUT2D eigenvalue weighted by atomic mass is 9.98. The number of benzene rings is 1. The number of nitrogens with one attached hydrogen (secondary N) is 2. The highest BCUT2D eigenvalue weighted by atomic mass is 35.5. The number of hydrogen-bond donors (Lipinski definition) is 2. The standard InChI is InChI=1S/C24H29F5N4O4.ClH/c1-13(2)33(14-4-3-7-30-12-14)21(35)15-10-17-18(11-16(15)24(27,28)29)37-23(5-6-23)22(36)32(17)9-8-31-20(34)19(25)26;/h10-11,13-14,19,30H,3-9,12H2,1-2H3,(H,31,34);1H/t14-;/m1./s1. The normalized spacial score (nSPS) is 20.1. The Kier molecular flexibility index (Phi) is 8.81. The molecule has 1 aromatic rings. The van der Waals surface area contributed by atoms with Gasteiger partial charge in [-0.15, -0.1) is 12.4 Å². The summed E-state index contributed by atoms with van der Waals surface area (Å²) in [6.45, 7) is 3.99. The zero-order valence-electron chi connectivity index (χ0n) is 20.9. The Morgan fingerprint density at radius 3 is 2.47 bits per heavy atom. The first-order valence-electron chi connectivity index (χ1n) is 12.2. The van der Waals surface area contributed by atoms with Crippen molar-refractivity contribution in [3.05, 3.63) is 23.3 Å². The van der Waals surface area contributed by atoms with E-state index in [-0.39, 0.29) is 55.8 Å². The molecule has 4 rings (SSSR count). The second kappa shape index (κ2) is 11.2. The zero-order chi connectivity index (χ0) is 27.1. The summed E-state index contributed by atoms with van der Waals surface area (Å²) < 4.78 is 73.4. The van der Waals surface area contributed by atoms with Crippen molar-refractivity contribution in [1.82, 2.24) is 15.5 Å². The van der Waals surface area contributed by atoms with E-state index in [2.05, 4.69) is 5.32 Å². The lowest BCUT2D eigenvalue weighted by Gasteiger charge is -2.39. The van der Waals surface area contributed by atoms with Gasteiger partial charge in [0.05, 0.1) is 16.8 Å². The molecule has 1 saturated heterocycles. The monoisotopic (exact) mass is 568 g/mol. The summed E-state index contributed by atoms with van der Waals surface area (Å²) in [4.78, 5) is 40.6. The first kappa shape index (κ1) is 29.9. The summed E-state index contributed by atoms with van der Waals surface area (Å²) >= 11 is 0. The molecule has 0 unspecified atom stereocenters. The van der Waals surface area contributed by atoms with Crippen molar-refractivity contribution in [1.29, 1.82) is 0 Å². The first-order chi connectivity index (χ1) is 17.4. The van der Waals surface area contributed by atoms with Crippen LogP contribution in [0, 0.1) is 0 Å². The zero-order valence-corrected chi connectivity index (χ0v) is 21.7. The Morgan fingerprint density at radius 1 is 1.26 bits per heavy atom. The Bertz CT molecular complexity index is 1070. The van der Waals surface area contributed by atoms with Crippen LogP contribution in [-0.4, -0.2) is 72.9 Å². The molecule has 1 aliphatic carbocycles. The molecule has 8 nitrogen and oxygen atoms in total. The highest BCUT2D eigenvalue weighted by Crippen LogP contribution is 2.51. The van der Waals surface area contributed by atoms with Crippen LogP contribution in [0.2, 0.25) is 0 Å². The second-order valence-corrected chi connectivity index (χ2v) is 9.81. The summed E-state index contributed by atoms with van der Waals surface area (Å²) in [6.07, 6.45) is -6.18. The first-order valence-corrected chi connectivity index (χ1v) is 12.2. The number of ether oxygens (including phenoxy) is 1. The maximum absolute atomic E-state index is 14.2. The van der Waals surface area contributed by atoms with Gasteiger partial charge in [-0.1, -0.05) is 0 Å². The number of carbonyl (C=O) groups excluding carboxylic acids is 3. The molecule has 14 heteroatoms. The molecule has 1 spiro atoms. The fraction of sp³-hybridized carbons (Fsp3) is 0.625. The number of piperidine rings is 1. The van der Waals surface area contributed by atoms with Crippen LogP contribution >= 0.6 is 12.4 Å². The van der Waals surface area contributed by atoms with Crippen LogP contribution in [0.4, 0.5) is 27.6 Å². The van der Waals surface area contributed by atoms with E-state index in [9.17, 15) is 36.3 Å². The Balaban J connectivity index is 0.00000400. The van der Waals surface area contributed by atoms with Gasteiger partial charge in [-0.3, -0.25) is 14.4 Å².